The van der Waals surface area contributed by atoms with Crippen LogP contribution in [0.1, 0.15) is 18.5 Å². The lowest BCUT2D eigenvalue weighted by Crippen LogP contribution is -2.23. The Balaban J connectivity index is 1.71. The summed E-state index contributed by atoms with van der Waals surface area (Å²) >= 11 is 0. The fourth-order valence-electron chi connectivity index (χ4n) is 1.63. The molecule has 0 amide bonds. The van der Waals surface area contributed by atoms with E-state index in [1.165, 1.54) is 18.5 Å². The fourth-order valence-corrected chi connectivity index (χ4v) is 1.63. The molecule has 1 aromatic heterocycles. The van der Waals surface area contributed by atoms with E-state index in [-0.39, 0.29) is 0 Å². The van der Waals surface area contributed by atoms with E-state index in [1.807, 2.05) is 19.2 Å². The Bertz CT molecular complexity index is 336. The highest BCUT2D eigenvalue weighted by Gasteiger charge is 2.20. The van der Waals surface area contributed by atoms with Crippen LogP contribution in [0.2, 0.25) is 0 Å². The number of ether oxygens (including phenoxy) is 1. The highest BCUT2D eigenvalue weighted by Crippen LogP contribution is 2.28. The van der Waals surface area contributed by atoms with Crippen LogP contribution in [0, 0.1) is 12.8 Å². The Kier molecular flexibility index (Phi) is 3.78. The minimum atomic E-state index is 0.814. The zero-order valence-corrected chi connectivity index (χ0v) is 10.1. The van der Waals surface area contributed by atoms with Gasteiger partial charge in [0.2, 0.25) is 0 Å². The van der Waals surface area contributed by atoms with Crippen molar-refractivity contribution in [2.75, 3.05) is 31.7 Å². The summed E-state index contributed by atoms with van der Waals surface area (Å²) in [6, 6.07) is 4.13. The summed E-state index contributed by atoms with van der Waals surface area (Å²) in [7, 11) is 2.09. The lowest BCUT2D eigenvalue weighted by atomic mass is 10.3. The summed E-state index contributed by atoms with van der Waals surface area (Å²) < 4.78 is 5.62. The molecule has 1 aliphatic carbocycles. The summed E-state index contributed by atoms with van der Waals surface area (Å²) in [6.07, 6.45) is 4.57. The average molecular weight is 220 g/mol. The van der Waals surface area contributed by atoms with Gasteiger partial charge in [0.05, 0.1) is 6.61 Å². The van der Waals surface area contributed by atoms with Crippen molar-refractivity contribution in [2.45, 2.75) is 19.8 Å². The minimum absolute atomic E-state index is 0.814. The van der Waals surface area contributed by atoms with Crippen molar-refractivity contribution in [2.24, 2.45) is 5.92 Å². The number of likely N-dealkylation sites (N-methyl/N-ethyl adjacent to an activating group) is 1. The quantitative estimate of drug-likeness (QED) is 0.688. The molecule has 0 N–H and O–H groups in total. The van der Waals surface area contributed by atoms with Crippen LogP contribution in [0.5, 0.6) is 0 Å². The van der Waals surface area contributed by atoms with Gasteiger partial charge in [-0.25, -0.2) is 0 Å². The molecule has 3 nitrogen and oxygen atoms in total. The van der Waals surface area contributed by atoms with Crippen LogP contribution in [0.3, 0.4) is 0 Å². The molecular formula is C13H20N2O. The fraction of sp³-hybridized carbons (Fsp3) is 0.615. The maximum absolute atomic E-state index is 5.62. The molecule has 1 heterocycles. The normalized spacial score (nSPS) is 15.1. The molecule has 1 saturated carbocycles. The van der Waals surface area contributed by atoms with Crippen molar-refractivity contribution >= 4 is 5.69 Å². The van der Waals surface area contributed by atoms with E-state index < -0.39 is 0 Å². The zero-order valence-electron chi connectivity index (χ0n) is 10.1. The van der Waals surface area contributed by atoms with E-state index in [4.69, 9.17) is 4.74 Å². The van der Waals surface area contributed by atoms with E-state index >= 15 is 0 Å². The van der Waals surface area contributed by atoms with Gasteiger partial charge in [-0.15, -0.1) is 0 Å². The Morgan fingerprint density at radius 2 is 2.31 bits per heavy atom. The standard InChI is InChI=1S/C13H20N2O/c1-11-9-13(5-6-14-11)15(2)7-8-16-10-12-3-4-12/h5-6,9,12H,3-4,7-8,10H2,1-2H3. The van der Waals surface area contributed by atoms with Crippen molar-refractivity contribution in [3.05, 3.63) is 24.0 Å². The summed E-state index contributed by atoms with van der Waals surface area (Å²) in [6.45, 7) is 4.72. The van der Waals surface area contributed by atoms with Crippen molar-refractivity contribution < 1.29 is 4.74 Å². The molecule has 1 fully saturated rings. The van der Waals surface area contributed by atoms with Gasteiger partial charge in [-0.3, -0.25) is 4.98 Å². The van der Waals surface area contributed by atoms with Crippen LogP contribution >= 0.6 is 0 Å². The molecular weight excluding hydrogens is 200 g/mol. The minimum Gasteiger partial charge on any atom is -0.379 e. The summed E-state index contributed by atoms with van der Waals surface area (Å²) in [4.78, 5) is 6.40. The van der Waals surface area contributed by atoms with Gasteiger partial charge in [-0.2, -0.15) is 0 Å². The molecule has 0 unspecified atom stereocenters. The highest BCUT2D eigenvalue weighted by atomic mass is 16.5. The van der Waals surface area contributed by atoms with Gasteiger partial charge < -0.3 is 9.64 Å². The number of rotatable bonds is 6. The lowest BCUT2D eigenvalue weighted by Gasteiger charge is -2.19. The van der Waals surface area contributed by atoms with Crippen LogP contribution in [0.4, 0.5) is 5.69 Å². The number of hydrogen-bond donors (Lipinski definition) is 0. The molecule has 0 aromatic carbocycles. The van der Waals surface area contributed by atoms with Gasteiger partial charge >= 0.3 is 0 Å². The van der Waals surface area contributed by atoms with E-state index in [9.17, 15) is 0 Å². The highest BCUT2D eigenvalue weighted by molar-refractivity contribution is 5.45. The van der Waals surface area contributed by atoms with Crippen molar-refractivity contribution in [1.29, 1.82) is 0 Å². The molecule has 1 aliphatic rings. The van der Waals surface area contributed by atoms with Gasteiger partial charge in [0.25, 0.3) is 0 Å². The van der Waals surface area contributed by atoms with E-state index in [0.717, 1.165) is 31.4 Å². The lowest BCUT2D eigenvalue weighted by molar-refractivity contribution is 0.131. The molecule has 88 valence electrons. The van der Waals surface area contributed by atoms with Gasteiger partial charge in [0.1, 0.15) is 0 Å². The van der Waals surface area contributed by atoms with Gasteiger partial charge in [0.15, 0.2) is 0 Å². The molecule has 0 radical (unpaired) electrons. The third kappa shape index (κ3) is 3.49. The van der Waals surface area contributed by atoms with Crippen molar-refractivity contribution in [1.82, 2.24) is 4.98 Å². The van der Waals surface area contributed by atoms with Crippen LogP contribution in [0.25, 0.3) is 0 Å². The summed E-state index contributed by atoms with van der Waals surface area (Å²) in [5.41, 5.74) is 2.27. The predicted molar refractivity (Wildman–Crippen MR) is 65.8 cm³/mol. The van der Waals surface area contributed by atoms with Crippen LogP contribution in [-0.4, -0.2) is 31.8 Å². The summed E-state index contributed by atoms with van der Waals surface area (Å²) in [5, 5.41) is 0. The molecule has 2 rings (SSSR count). The first-order valence-corrected chi connectivity index (χ1v) is 5.97. The monoisotopic (exact) mass is 220 g/mol. The van der Waals surface area contributed by atoms with Gasteiger partial charge in [-0.1, -0.05) is 0 Å². The van der Waals surface area contributed by atoms with Crippen molar-refractivity contribution in [3.8, 4) is 0 Å². The summed E-state index contributed by atoms with van der Waals surface area (Å²) in [5.74, 6) is 0.855. The number of aromatic nitrogens is 1. The third-order valence-electron chi connectivity index (χ3n) is 2.94. The SMILES string of the molecule is Cc1cc(N(C)CCOCC2CC2)ccn1. The number of nitrogens with zero attached hydrogens (tertiary/aromatic N) is 2. The first kappa shape index (κ1) is 11.4. The van der Waals surface area contributed by atoms with Crippen LogP contribution in [-0.2, 0) is 4.74 Å². The molecule has 0 aliphatic heterocycles. The second-order valence-electron chi connectivity index (χ2n) is 4.60. The maximum atomic E-state index is 5.62. The zero-order chi connectivity index (χ0) is 11.4. The first-order valence-electron chi connectivity index (χ1n) is 5.97. The second-order valence-corrected chi connectivity index (χ2v) is 4.60. The average Bonchev–Trinajstić information content (AvgIpc) is 3.08. The largest absolute Gasteiger partial charge is 0.379 e. The Labute approximate surface area is 97.4 Å². The Morgan fingerprint density at radius 3 is 3.00 bits per heavy atom. The Morgan fingerprint density at radius 1 is 1.50 bits per heavy atom. The van der Waals surface area contributed by atoms with Gasteiger partial charge in [-0.05, 0) is 37.8 Å². The maximum Gasteiger partial charge on any atom is 0.0641 e. The Hall–Kier alpha value is -1.09. The molecule has 1 aromatic rings. The number of hydrogen-bond acceptors (Lipinski definition) is 3. The smallest absolute Gasteiger partial charge is 0.0641 e. The van der Waals surface area contributed by atoms with Crippen LogP contribution < -0.4 is 4.90 Å². The molecule has 0 bridgehead atoms. The van der Waals surface area contributed by atoms with Crippen molar-refractivity contribution in [3.63, 3.8) is 0 Å². The van der Waals surface area contributed by atoms with Crippen LogP contribution in [0.15, 0.2) is 18.3 Å². The molecule has 3 heteroatoms. The molecule has 0 spiro atoms. The van der Waals surface area contributed by atoms with Gasteiger partial charge in [0, 0.05) is 37.8 Å². The number of pyridine rings is 1. The number of anilines is 1. The molecule has 0 atom stereocenters. The third-order valence-corrected chi connectivity index (χ3v) is 2.94. The second kappa shape index (κ2) is 5.30. The first-order chi connectivity index (χ1) is 7.75. The molecule has 0 saturated heterocycles. The topological polar surface area (TPSA) is 25.4 Å². The predicted octanol–water partition coefficient (Wildman–Crippen LogP) is 2.25. The van der Waals surface area contributed by atoms with E-state index in [0.29, 0.717) is 0 Å². The molecule has 16 heavy (non-hydrogen) atoms. The van der Waals surface area contributed by atoms with E-state index in [2.05, 4.69) is 23.0 Å². The van der Waals surface area contributed by atoms with E-state index in [1.54, 1.807) is 0 Å². The number of aryl methyl sites for hydroxylation is 1.